The van der Waals surface area contributed by atoms with E-state index in [1.165, 1.54) is 0 Å². The molecule has 0 atom stereocenters. The molecule has 1 aromatic carbocycles. The van der Waals surface area contributed by atoms with Gasteiger partial charge in [0.25, 0.3) is 0 Å². The molecular weight excluding hydrogens is 174 g/mol. The van der Waals surface area contributed by atoms with E-state index in [9.17, 15) is 0 Å². The van der Waals surface area contributed by atoms with Gasteiger partial charge in [-0.2, -0.15) is 0 Å². The zero-order valence-electron chi connectivity index (χ0n) is 7.12. The van der Waals surface area contributed by atoms with Crippen LogP contribution in [0.15, 0.2) is 30.3 Å². The number of hydrogen-bond donors (Lipinski definition) is 1. The Morgan fingerprint density at radius 2 is 1.92 bits per heavy atom. The molecule has 12 heavy (non-hydrogen) atoms. The number of anilines is 1. The molecule has 0 saturated carbocycles. The molecular formula is C9H14ClNO. The Hall–Kier alpha value is -0.730. The van der Waals surface area contributed by atoms with Crippen LogP contribution in [-0.4, -0.2) is 6.61 Å². The maximum absolute atomic E-state index is 5.12. The first kappa shape index (κ1) is 11.3. The van der Waals surface area contributed by atoms with E-state index in [-0.39, 0.29) is 12.4 Å². The number of rotatable bonds is 4. The van der Waals surface area contributed by atoms with E-state index in [0.717, 1.165) is 18.7 Å². The van der Waals surface area contributed by atoms with Crippen LogP contribution in [0.2, 0.25) is 0 Å². The van der Waals surface area contributed by atoms with Crippen LogP contribution in [0.4, 0.5) is 5.69 Å². The first-order valence-electron chi connectivity index (χ1n) is 3.86. The molecule has 0 aliphatic carbocycles. The van der Waals surface area contributed by atoms with E-state index in [0.29, 0.717) is 0 Å². The minimum absolute atomic E-state index is 0. The smallest absolute Gasteiger partial charge is 0.0743 e. The summed E-state index contributed by atoms with van der Waals surface area (Å²) in [5.74, 6) is 0. The van der Waals surface area contributed by atoms with Gasteiger partial charge in [-0.05, 0) is 18.6 Å². The zero-order valence-corrected chi connectivity index (χ0v) is 7.93. The SMILES string of the molecule is CCCONc1ccccc1.Cl. The molecule has 0 unspecified atom stereocenters. The van der Waals surface area contributed by atoms with Crippen molar-refractivity contribution in [3.63, 3.8) is 0 Å². The topological polar surface area (TPSA) is 21.3 Å². The van der Waals surface area contributed by atoms with E-state index in [2.05, 4.69) is 12.4 Å². The fourth-order valence-electron chi connectivity index (χ4n) is 0.743. The molecule has 1 rings (SSSR count). The van der Waals surface area contributed by atoms with Gasteiger partial charge in [0.05, 0.1) is 12.3 Å². The van der Waals surface area contributed by atoms with Gasteiger partial charge in [-0.3, -0.25) is 10.3 Å². The molecule has 0 spiro atoms. The normalized spacial score (nSPS) is 8.75. The molecule has 0 aliphatic rings. The second-order valence-electron chi connectivity index (χ2n) is 2.32. The lowest BCUT2D eigenvalue weighted by Gasteiger charge is -2.04. The maximum Gasteiger partial charge on any atom is 0.0743 e. The third kappa shape index (κ3) is 4.21. The molecule has 0 aromatic heterocycles. The van der Waals surface area contributed by atoms with Crippen LogP contribution < -0.4 is 5.48 Å². The summed E-state index contributed by atoms with van der Waals surface area (Å²) in [5.41, 5.74) is 3.85. The lowest BCUT2D eigenvalue weighted by atomic mass is 10.3. The summed E-state index contributed by atoms with van der Waals surface area (Å²) in [6.45, 7) is 2.82. The largest absolute Gasteiger partial charge is 0.276 e. The number of hydrogen-bond acceptors (Lipinski definition) is 2. The molecule has 0 amide bonds. The Morgan fingerprint density at radius 3 is 2.50 bits per heavy atom. The van der Waals surface area contributed by atoms with Gasteiger partial charge in [0.1, 0.15) is 0 Å². The highest BCUT2D eigenvalue weighted by Gasteiger charge is 1.86. The van der Waals surface area contributed by atoms with Crippen molar-refractivity contribution in [2.24, 2.45) is 0 Å². The standard InChI is InChI=1S/C9H13NO.ClH/c1-2-8-11-10-9-6-4-3-5-7-9;/h3-7,10H,2,8H2,1H3;1H. The highest BCUT2D eigenvalue weighted by molar-refractivity contribution is 5.85. The van der Waals surface area contributed by atoms with Gasteiger partial charge in [-0.15, -0.1) is 12.4 Å². The quantitative estimate of drug-likeness (QED) is 0.578. The Bertz CT molecular complexity index is 191. The van der Waals surface area contributed by atoms with Crippen LogP contribution in [-0.2, 0) is 4.84 Å². The number of nitrogens with one attached hydrogen (secondary N) is 1. The Balaban J connectivity index is 0.00000121. The van der Waals surface area contributed by atoms with Crippen LogP contribution in [0.25, 0.3) is 0 Å². The van der Waals surface area contributed by atoms with Crippen LogP contribution in [0.5, 0.6) is 0 Å². The van der Waals surface area contributed by atoms with Gasteiger partial charge in [0, 0.05) is 0 Å². The van der Waals surface area contributed by atoms with Gasteiger partial charge in [0.15, 0.2) is 0 Å². The molecule has 1 N–H and O–H groups in total. The lowest BCUT2D eigenvalue weighted by Crippen LogP contribution is -2.01. The van der Waals surface area contributed by atoms with Crippen molar-refractivity contribution in [3.8, 4) is 0 Å². The summed E-state index contributed by atoms with van der Waals surface area (Å²) in [6.07, 6.45) is 1.03. The summed E-state index contributed by atoms with van der Waals surface area (Å²) in [5, 5.41) is 0. The van der Waals surface area contributed by atoms with E-state index in [1.807, 2.05) is 30.3 Å². The fourth-order valence-corrected chi connectivity index (χ4v) is 0.743. The average molecular weight is 188 g/mol. The molecule has 1 aromatic rings. The summed E-state index contributed by atoms with van der Waals surface area (Å²) in [6, 6.07) is 9.85. The summed E-state index contributed by atoms with van der Waals surface area (Å²) in [4.78, 5) is 5.12. The second-order valence-corrected chi connectivity index (χ2v) is 2.32. The number of benzene rings is 1. The maximum atomic E-state index is 5.12. The monoisotopic (exact) mass is 187 g/mol. The molecule has 0 heterocycles. The van der Waals surface area contributed by atoms with Gasteiger partial charge >= 0.3 is 0 Å². The van der Waals surface area contributed by atoms with Crippen molar-refractivity contribution in [2.75, 3.05) is 12.1 Å². The molecule has 0 radical (unpaired) electrons. The fraction of sp³-hybridized carbons (Fsp3) is 0.333. The van der Waals surface area contributed by atoms with Crippen molar-refractivity contribution in [1.82, 2.24) is 0 Å². The number of para-hydroxylation sites is 1. The van der Waals surface area contributed by atoms with Crippen molar-refractivity contribution in [1.29, 1.82) is 0 Å². The van der Waals surface area contributed by atoms with Crippen LogP contribution in [0.3, 0.4) is 0 Å². The van der Waals surface area contributed by atoms with Crippen molar-refractivity contribution in [3.05, 3.63) is 30.3 Å². The summed E-state index contributed by atoms with van der Waals surface area (Å²) in [7, 11) is 0. The lowest BCUT2D eigenvalue weighted by molar-refractivity contribution is 0.194. The van der Waals surface area contributed by atoms with Crippen LogP contribution in [0, 0.1) is 0 Å². The second kappa shape index (κ2) is 6.95. The summed E-state index contributed by atoms with van der Waals surface area (Å²) < 4.78 is 0. The molecule has 0 aliphatic heterocycles. The van der Waals surface area contributed by atoms with E-state index < -0.39 is 0 Å². The summed E-state index contributed by atoms with van der Waals surface area (Å²) >= 11 is 0. The van der Waals surface area contributed by atoms with Crippen molar-refractivity contribution >= 4 is 18.1 Å². The zero-order chi connectivity index (χ0) is 7.94. The van der Waals surface area contributed by atoms with Gasteiger partial charge in [-0.1, -0.05) is 25.1 Å². The van der Waals surface area contributed by atoms with Crippen molar-refractivity contribution in [2.45, 2.75) is 13.3 Å². The van der Waals surface area contributed by atoms with Crippen LogP contribution >= 0.6 is 12.4 Å². The first-order valence-corrected chi connectivity index (χ1v) is 3.86. The Morgan fingerprint density at radius 1 is 1.25 bits per heavy atom. The predicted octanol–water partition coefficient (Wildman–Crippen LogP) is 2.86. The third-order valence-electron chi connectivity index (χ3n) is 1.27. The molecule has 0 saturated heterocycles. The third-order valence-corrected chi connectivity index (χ3v) is 1.27. The molecule has 0 fully saturated rings. The van der Waals surface area contributed by atoms with E-state index in [4.69, 9.17) is 4.84 Å². The van der Waals surface area contributed by atoms with Gasteiger partial charge in [0.2, 0.25) is 0 Å². The minimum Gasteiger partial charge on any atom is -0.276 e. The molecule has 68 valence electrons. The average Bonchev–Trinajstić information content (AvgIpc) is 2.07. The Kier molecular flexibility index (Phi) is 6.53. The predicted molar refractivity (Wildman–Crippen MR) is 53.6 cm³/mol. The first-order chi connectivity index (χ1) is 5.43. The van der Waals surface area contributed by atoms with Crippen molar-refractivity contribution < 1.29 is 4.84 Å². The Labute approximate surface area is 79.3 Å². The highest BCUT2D eigenvalue weighted by atomic mass is 35.5. The van der Waals surface area contributed by atoms with E-state index in [1.54, 1.807) is 0 Å². The molecule has 2 nitrogen and oxygen atoms in total. The highest BCUT2D eigenvalue weighted by Crippen LogP contribution is 2.04. The van der Waals surface area contributed by atoms with Gasteiger partial charge < -0.3 is 0 Å². The molecule has 3 heteroatoms. The van der Waals surface area contributed by atoms with Gasteiger partial charge in [-0.25, -0.2) is 0 Å². The number of halogens is 1. The van der Waals surface area contributed by atoms with E-state index >= 15 is 0 Å². The minimum atomic E-state index is 0. The van der Waals surface area contributed by atoms with Crippen LogP contribution in [0.1, 0.15) is 13.3 Å². The molecule has 0 bridgehead atoms.